The van der Waals surface area contributed by atoms with Gasteiger partial charge in [0.2, 0.25) is 5.91 Å². The largest absolute Gasteiger partial charge is 0.381 e. The van der Waals surface area contributed by atoms with Crippen LogP contribution in [0, 0.1) is 5.92 Å². The molecule has 0 radical (unpaired) electrons. The summed E-state index contributed by atoms with van der Waals surface area (Å²) >= 11 is 6.10. The van der Waals surface area contributed by atoms with Gasteiger partial charge >= 0.3 is 0 Å². The maximum atomic E-state index is 13.8. The van der Waals surface area contributed by atoms with Crippen LogP contribution >= 0.6 is 11.6 Å². The number of carbonyl (C=O) groups is 1. The molecule has 2 aliphatic rings. The number of ether oxygens (including phenoxy) is 1. The summed E-state index contributed by atoms with van der Waals surface area (Å²) in [5.74, 6) is 0.748. The van der Waals surface area contributed by atoms with E-state index in [1.165, 1.54) is 5.56 Å². The molecule has 1 amide bonds. The molecule has 2 fully saturated rings. The van der Waals surface area contributed by atoms with Gasteiger partial charge in [-0.05, 0) is 67.3 Å². The molecule has 3 heterocycles. The number of nitrogens with zero attached hydrogens (tertiary/aromatic N) is 2. The van der Waals surface area contributed by atoms with Crippen molar-refractivity contribution in [3.8, 4) is 0 Å². The quantitative estimate of drug-likeness (QED) is 0.772. The first-order chi connectivity index (χ1) is 13.7. The average Bonchev–Trinajstić information content (AvgIpc) is 2.75. The Bertz CT molecular complexity index is 788. The lowest BCUT2D eigenvalue weighted by molar-refractivity contribution is -0.143. The van der Waals surface area contributed by atoms with Crippen molar-refractivity contribution >= 4 is 17.5 Å². The average molecular weight is 399 g/mol. The fraction of sp³-hybridized carbons (Fsp3) is 0.478. The van der Waals surface area contributed by atoms with Crippen LogP contribution in [0.4, 0.5) is 0 Å². The number of hydrogen-bond donors (Lipinski definition) is 0. The van der Waals surface area contributed by atoms with E-state index in [9.17, 15) is 4.79 Å². The number of hydrogen-bond acceptors (Lipinski definition) is 3. The van der Waals surface area contributed by atoms with Crippen molar-refractivity contribution in [3.63, 3.8) is 0 Å². The highest BCUT2D eigenvalue weighted by molar-refractivity contribution is 6.30. The Morgan fingerprint density at radius 1 is 1.21 bits per heavy atom. The lowest BCUT2D eigenvalue weighted by atomic mass is 9.72. The van der Waals surface area contributed by atoms with Crippen LogP contribution in [0.15, 0.2) is 48.8 Å². The summed E-state index contributed by atoms with van der Waals surface area (Å²) in [5.41, 5.74) is 1.83. The van der Waals surface area contributed by atoms with Crippen molar-refractivity contribution in [2.75, 3.05) is 26.3 Å². The van der Waals surface area contributed by atoms with Crippen LogP contribution in [0.5, 0.6) is 0 Å². The smallest absolute Gasteiger partial charge is 0.233 e. The van der Waals surface area contributed by atoms with E-state index in [0.717, 1.165) is 50.8 Å². The van der Waals surface area contributed by atoms with E-state index in [1.54, 1.807) is 6.20 Å². The molecule has 0 bridgehead atoms. The molecule has 1 aromatic heterocycles. The van der Waals surface area contributed by atoms with Gasteiger partial charge in [-0.15, -0.1) is 0 Å². The zero-order valence-electron chi connectivity index (χ0n) is 16.1. The summed E-state index contributed by atoms with van der Waals surface area (Å²) < 4.78 is 5.60. The van der Waals surface area contributed by atoms with E-state index in [-0.39, 0.29) is 5.91 Å². The van der Waals surface area contributed by atoms with Crippen LogP contribution in [0.1, 0.15) is 36.8 Å². The van der Waals surface area contributed by atoms with Gasteiger partial charge in [0.15, 0.2) is 0 Å². The second-order valence-electron chi connectivity index (χ2n) is 8.03. The molecule has 148 valence electrons. The molecule has 2 aliphatic heterocycles. The monoisotopic (exact) mass is 398 g/mol. The Labute approximate surface area is 171 Å². The first-order valence-electron chi connectivity index (χ1n) is 10.2. The fourth-order valence-corrected chi connectivity index (χ4v) is 4.81. The molecule has 2 saturated heterocycles. The zero-order valence-corrected chi connectivity index (χ0v) is 16.9. The van der Waals surface area contributed by atoms with Crippen LogP contribution < -0.4 is 0 Å². The number of pyridine rings is 1. The molecule has 1 unspecified atom stereocenters. The van der Waals surface area contributed by atoms with Crippen LogP contribution in [0.3, 0.4) is 0 Å². The summed E-state index contributed by atoms with van der Waals surface area (Å²) in [6, 6.07) is 11.9. The summed E-state index contributed by atoms with van der Waals surface area (Å²) in [5, 5.41) is 0.702. The number of benzene rings is 1. The van der Waals surface area contributed by atoms with Gasteiger partial charge in [0.05, 0.1) is 5.41 Å². The predicted molar refractivity (Wildman–Crippen MR) is 110 cm³/mol. The fourth-order valence-electron chi connectivity index (χ4n) is 4.69. The number of rotatable bonds is 4. The molecular weight excluding hydrogens is 372 g/mol. The lowest BCUT2D eigenvalue weighted by Gasteiger charge is -2.43. The molecule has 5 heteroatoms. The van der Waals surface area contributed by atoms with E-state index in [1.807, 2.05) is 36.5 Å². The molecule has 2 aromatic rings. The Hall–Kier alpha value is -1.91. The highest BCUT2D eigenvalue weighted by atomic mass is 35.5. The molecule has 0 aliphatic carbocycles. The lowest BCUT2D eigenvalue weighted by Crippen LogP contribution is -2.52. The molecule has 0 saturated carbocycles. The molecule has 28 heavy (non-hydrogen) atoms. The first kappa shape index (κ1) is 19.4. The van der Waals surface area contributed by atoms with Crippen molar-refractivity contribution in [2.24, 2.45) is 5.92 Å². The minimum absolute atomic E-state index is 0.258. The van der Waals surface area contributed by atoms with Crippen LogP contribution in [0.2, 0.25) is 5.02 Å². The van der Waals surface area contributed by atoms with E-state index >= 15 is 0 Å². The molecule has 4 rings (SSSR count). The topological polar surface area (TPSA) is 42.4 Å². The minimum Gasteiger partial charge on any atom is -0.381 e. The minimum atomic E-state index is -0.487. The zero-order chi connectivity index (χ0) is 19.4. The molecule has 0 spiro atoms. The van der Waals surface area contributed by atoms with Gasteiger partial charge in [0, 0.05) is 43.7 Å². The highest BCUT2D eigenvalue weighted by Crippen LogP contribution is 2.38. The summed E-state index contributed by atoms with van der Waals surface area (Å²) in [7, 11) is 0. The highest BCUT2D eigenvalue weighted by Gasteiger charge is 2.44. The summed E-state index contributed by atoms with van der Waals surface area (Å²) in [4.78, 5) is 20.1. The standard InChI is InChI=1S/C23H27ClN2O2/c24-21-7-5-20(6-8-21)23(9-13-28-14-10-23)22(27)26-12-2-4-19(17-26)15-18-3-1-11-25-16-18/h1,3,5-8,11,16,19H,2,4,9-10,12-15,17H2. The van der Waals surface area contributed by atoms with Crippen LogP contribution in [-0.4, -0.2) is 42.1 Å². The predicted octanol–water partition coefficient (Wildman–Crippen LogP) is 4.26. The second-order valence-corrected chi connectivity index (χ2v) is 8.46. The first-order valence-corrected chi connectivity index (χ1v) is 10.6. The molecule has 1 aromatic carbocycles. The SMILES string of the molecule is O=C(N1CCCC(Cc2cccnc2)C1)C1(c2ccc(Cl)cc2)CCOCC1. The molecular formula is C23H27ClN2O2. The molecule has 4 nitrogen and oxygen atoms in total. The van der Waals surface area contributed by atoms with E-state index in [0.29, 0.717) is 24.2 Å². The van der Waals surface area contributed by atoms with Gasteiger partial charge in [-0.1, -0.05) is 29.8 Å². The number of halogens is 1. The van der Waals surface area contributed by atoms with Crippen molar-refractivity contribution in [3.05, 3.63) is 64.9 Å². The van der Waals surface area contributed by atoms with E-state index in [2.05, 4.69) is 16.0 Å². The normalized spacial score (nSPS) is 22.0. The number of piperidine rings is 1. The Balaban J connectivity index is 1.53. The van der Waals surface area contributed by atoms with Gasteiger partial charge < -0.3 is 9.64 Å². The Kier molecular flexibility index (Phi) is 5.98. The maximum absolute atomic E-state index is 13.8. The third-order valence-electron chi connectivity index (χ3n) is 6.21. The van der Waals surface area contributed by atoms with Gasteiger partial charge in [0.1, 0.15) is 0 Å². The van der Waals surface area contributed by atoms with Gasteiger partial charge in [-0.25, -0.2) is 0 Å². The summed E-state index contributed by atoms with van der Waals surface area (Å²) in [6.45, 7) is 2.92. The van der Waals surface area contributed by atoms with Gasteiger partial charge in [-0.2, -0.15) is 0 Å². The second kappa shape index (κ2) is 8.62. The number of aromatic nitrogens is 1. The summed E-state index contributed by atoms with van der Waals surface area (Å²) in [6.07, 6.45) is 8.42. The van der Waals surface area contributed by atoms with Crippen molar-refractivity contribution in [2.45, 2.75) is 37.5 Å². The molecule has 1 atom stereocenters. The van der Waals surface area contributed by atoms with Crippen molar-refractivity contribution in [1.29, 1.82) is 0 Å². The van der Waals surface area contributed by atoms with Crippen molar-refractivity contribution in [1.82, 2.24) is 9.88 Å². The third kappa shape index (κ3) is 4.08. The van der Waals surface area contributed by atoms with Crippen LogP contribution in [-0.2, 0) is 21.4 Å². The van der Waals surface area contributed by atoms with E-state index in [4.69, 9.17) is 16.3 Å². The number of amides is 1. The number of likely N-dealkylation sites (tertiary alicyclic amines) is 1. The van der Waals surface area contributed by atoms with Gasteiger partial charge in [0.25, 0.3) is 0 Å². The third-order valence-corrected chi connectivity index (χ3v) is 6.46. The maximum Gasteiger partial charge on any atom is 0.233 e. The van der Waals surface area contributed by atoms with E-state index < -0.39 is 5.41 Å². The molecule has 0 N–H and O–H groups in total. The number of carbonyl (C=O) groups excluding carboxylic acids is 1. The van der Waals surface area contributed by atoms with Crippen LogP contribution in [0.25, 0.3) is 0 Å². The van der Waals surface area contributed by atoms with Gasteiger partial charge in [-0.3, -0.25) is 9.78 Å². The van der Waals surface area contributed by atoms with Crippen molar-refractivity contribution < 1.29 is 9.53 Å². The Morgan fingerprint density at radius 3 is 2.71 bits per heavy atom. The Morgan fingerprint density at radius 2 is 2.00 bits per heavy atom.